The fourth-order valence-corrected chi connectivity index (χ4v) is 8.39. The van der Waals surface area contributed by atoms with Crippen LogP contribution in [-0.4, -0.2) is 0 Å². The number of hydrogen-bond donors (Lipinski definition) is 0. The molecule has 0 N–H and O–H groups in total. The SMILES string of the molecule is CC(C)(C)c1ccc(N(c2ccc(C(C)(C)C)cc2)c2cccc(N(c3ccc(C(C)(C)C)cc3)c3ccc(C(C)(C)C)cc3-c3cc(C(C)(C)C)cc(C(C)(C)C)c3)c2Cl)cc1. The predicted octanol–water partition coefficient (Wildman–Crippen LogP) is 18.7. The highest BCUT2D eigenvalue weighted by Crippen LogP contribution is 2.50. The molecule has 0 radical (unpaired) electrons. The van der Waals surface area contributed by atoms with Gasteiger partial charge in [-0.05, 0) is 132 Å². The minimum absolute atomic E-state index is 0.00275. The van der Waals surface area contributed by atoms with Gasteiger partial charge in [0.1, 0.15) is 0 Å². The van der Waals surface area contributed by atoms with Crippen LogP contribution in [0.2, 0.25) is 5.02 Å². The van der Waals surface area contributed by atoms with Crippen LogP contribution in [-0.2, 0) is 32.5 Å². The molecule has 63 heavy (non-hydrogen) atoms. The van der Waals surface area contributed by atoms with E-state index in [0.29, 0.717) is 5.02 Å². The van der Waals surface area contributed by atoms with Gasteiger partial charge in [-0.3, -0.25) is 0 Å². The maximum absolute atomic E-state index is 8.00. The molecule has 3 heteroatoms. The van der Waals surface area contributed by atoms with E-state index in [0.717, 1.165) is 34.1 Å². The zero-order chi connectivity index (χ0) is 46.7. The van der Waals surface area contributed by atoms with Gasteiger partial charge in [0, 0.05) is 22.6 Å². The highest BCUT2D eigenvalue weighted by atomic mass is 35.5. The summed E-state index contributed by atoms with van der Waals surface area (Å²) >= 11 is 8.00. The fourth-order valence-electron chi connectivity index (χ4n) is 8.10. The van der Waals surface area contributed by atoms with Gasteiger partial charge in [0.25, 0.3) is 0 Å². The summed E-state index contributed by atoms with van der Waals surface area (Å²) in [6.07, 6.45) is 0. The summed E-state index contributed by atoms with van der Waals surface area (Å²) in [5.74, 6) is 0. The molecular formula is C60H75ClN2. The first-order valence-corrected chi connectivity index (χ1v) is 23.3. The predicted molar refractivity (Wildman–Crippen MR) is 278 cm³/mol. The van der Waals surface area contributed by atoms with E-state index in [9.17, 15) is 0 Å². The topological polar surface area (TPSA) is 6.48 Å². The van der Waals surface area contributed by atoms with Crippen LogP contribution in [0, 0.1) is 0 Å². The molecule has 6 aromatic rings. The van der Waals surface area contributed by atoms with Crippen LogP contribution in [0.25, 0.3) is 11.1 Å². The van der Waals surface area contributed by atoms with Crippen molar-refractivity contribution in [3.05, 3.63) is 166 Å². The molecule has 0 spiro atoms. The summed E-state index contributed by atoms with van der Waals surface area (Å²) in [5.41, 5.74) is 16.1. The summed E-state index contributed by atoms with van der Waals surface area (Å²) < 4.78 is 0. The van der Waals surface area contributed by atoms with Gasteiger partial charge < -0.3 is 9.80 Å². The molecule has 0 aliphatic rings. The highest BCUT2D eigenvalue weighted by molar-refractivity contribution is 6.36. The third kappa shape index (κ3) is 10.6. The van der Waals surface area contributed by atoms with Gasteiger partial charge in [-0.15, -0.1) is 0 Å². The van der Waals surface area contributed by atoms with Crippen LogP contribution in [0.5, 0.6) is 0 Å². The van der Waals surface area contributed by atoms with Gasteiger partial charge >= 0.3 is 0 Å². The summed E-state index contributed by atoms with van der Waals surface area (Å²) in [5, 5.41) is 0.668. The van der Waals surface area contributed by atoms with Crippen molar-refractivity contribution in [1.29, 1.82) is 0 Å². The molecule has 0 bridgehead atoms. The van der Waals surface area contributed by atoms with Crippen molar-refractivity contribution in [2.24, 2.45) is 0 Å². The lowest BCUT2D eigenvalue weighted by Gasteiger charge is -2.34. The Kier molecular flexibility index (Phi) is 12.8. The Balaban J connectivity index is 1.69. The van der Waals surface area contributed by atoms with E-state index in [1.54, 1.807) is 0 Å². The Bertz CT molecular complexity index is 2440. The normalized spacial score (nSPS) is 13.0. The maximum Gasteiger partial charge on any atom is 0.0887 e. The second-order valence-electron chi connectivity index (χ2n) is 24.0. The first-order chi connectivity index (χ1) is 28.9. The van der Waals surface area contributed by atoms with Crippen LogP contribution in [0.1, 0.15) is 158 Å². The molecule has 0 amide bonds. The smallest absolute Gasteiger partial charge is 0.0887 e. The van der Waals surface area contributed by atoms with Gasteiger partial charge in [-0.1, -0.05) is 203 Å². The number of hydrogen-bond acceptors (Lipinski definition) is 2. The lowest BCUT2D eigenvalue weighted by Crippen LogP contribution is -2.18. The molecule has 0 atom stereocenters. The average Bonchev–Trinajstić information content (AvgIpc) is 3.18. The van der Waals surface area contributed by atoms with Gasteiger partial charge in [-0.25, -0.2) is 0 Å². The molecule has 6 rings (SSSR count). The van der Waals surface area contributed by atoms with Crippen LogP contribution in [0.3, 0.4) is 0 Å². The molecular weight excluding hydrogens is 784 g/mol. The van der Waals surface area contributed by atoms with E-state index in [2.05, 4.69) is 262 Å². The van der Waals surface area contributed by atoms with E-state index < -0.39 is 0 Å². The largest absolute Gasteiger partial charge is 0.309 e. The van der Waals surface area contributed by atoms with Crippen LogP contribution >= 0.6 is 11.6 Å². The highest BCUT2D eigenvalue weighted by Gasteiger charge is 2.29. The van der Waals surface area contributed by atoms with Crippen molar-refractivity contribution >= 4 is 45.7 Å². The van der Waals surface area contributed by atoms with E-state index in [4.69, 9.17) is 11.6 Å². The minimum Gasteiger partial charge on any atom is -0.309 e. The van der Waals surface area contributed by atoms with Crippen molar-refractivity contribution in [2.75, 3.05) is 9.80 Å². The molecule has 2 nitrogen and oxygen atoms in total. The minimum atomic E-state index is -0.0654. The van der Waals surface area contributed by atoms with Gasteiger partial charge in [0.15, 0.2) is 0 Å². The zero-order valence-corrected chi connectivity index (χ0v) is 42.7. The Morgan fingerprint density at radius 3 is 0.968 bits per heavy atom. The summed E-state index contributed by atoms with van der Waals surface area (Å²) in [6, 6.07) is 47.9. The van der Waals surface area contributed by atoms with Gasteiger partial charge in [-0.2, -0.15) is 0 Å². The maximum atomic E-state index is 8.00. The number of benzene rings is 6. The molecule has 0 saturated carbocycles. The van der Waals surface area contributed by atoms with Crippen LogP contribution < -0.4 is 9.80 Å². The molecule has 0 aromatic heterocycles. The number of rotatable bonds is 7. The molecule has 6 aromatic carbocycles. The lowest BCUT2D eigenvalue weighted by atomic mass is 9.78. The first kappa shape index (κ1) is 47.7. The molecule has 0 aliphatic heterocycles. The monoisotopic (exact) mass is 859 g/mol. The quantitative estimate of drug-likeness (QED) is 0.158. The van der Waals surface area contributed by atoms with E-state index in [1.807, 2.05) is 0 Å². The standard InChI is InChI=1S/C60H75ClN2/c1-55(2,3)41-22-29-47(30-23-41)62(48-31-24-42(25-32-48)56(4,5)6)52-20-19-21-53(54(52)61)63(49-33-26-43(27-34-49)57(7,8)9)51-35-28-44(58(10,11)12)39-50(51)40-36-45(59(13,14)15)38-46(37-40)60(16,17)18/h19-39H,1-18H3. The molecule has 0 aliphatic carbocycles. The van der Waals surface area contributed by atoms with Crippen molar-refractivity contribution in [1.82, 2.24) is 0 Å². The summed E-state index contributed by atoms with van der Waals surface area (Å²) in [7, 11) is 0. The van der Waals surface area contributed by atoms with Crippen molar-refractivity contribution < 1.29 is 0 Å². The van der Waals surface area contributed by atoms with Crippen LogP contribution in [0.4, 0.5) is 34.1 Å². The zero-order valence-electron chi connectivity index (χ0n) is 41.9. The van der Waals surface area contributed by atoms with E-state index in [1.165, 1.54) is 44.5 Å². The Hall–Kier alpha value is -4.79. The van der Waals surface area contributed by atoms with E-state index in [-0.39, 0.29) is 32.5 Å². The third-order valence-electron chi connectivity index (χ3n) is 12.5. The summed E-state index contributed by atoms with van der Waals surface area (Å²) in [4.78, 5) is 4.71. The Morgan fingerprint density at radius 2 is 0.619 bits per heavy atom. The van der Waals surface area contributed by atoms with Crippen molar-refractivity contribution in [2.45, 2.75) is 157 Å². The number of anilines is 6. The molecule has 0 saturated heterocycles. The lowest BCUT2D eigenvalue weighted by molar-refractivity contribution is 0.569. The van der Waals surface area contributed by atoms with Crippen molar-refractivity contribution in [3.8, 4) is 11.1 Å². The number of nitrogens with zero attached hydrogens (tertiary/aromatic N) is 2. The van der Waals surface area contributed by atoms with Crippen LogP contribution in [0.15, 0.2) is 127 Å². The van der Waals surface area contributed by atoms with E-state index >= 15 is 0 Å². The second kappa shape index (κ2) is 17.0. The fraction of sp³-hybridized carbons (Fsp3) is 0.400. The first-order valence-electron chi connectivity index (χ1n) is 23.0. The summed E-state index contributed by atoms with van der Waals surface area (Å²) in [6.45, 7) is 41.2. The average molecular weight is 860 g/mol. The number of halogens is 1. The Labute approximate surface area is 387 Å². The van der Waals surface area contributed by atoms with Gasteiger partial charge in [0.05, 0.1) is 22.1 Å². The van der Waals surface area contributed by atoms with Crippen molar-refractivity contribution in [3.63, 3.8) is 0 Å². The second-order valence-corrected chi connectivity index (χ2v) is 24.3. The third-order valence-corrected chi connectivity index (χ3v) is 12.9. The molecule has 0 heterocycles. The van der Waals surface area contributed by atoms with Gasteiger partial charge in [0.2, 0.25) is 0 Å². The Morgan fingerprint density at radius 1 is 0.302 bits per heavy atom. The molecule has 0 fully saturated rings. The molecule has 332 valence electrons. The molecule has 0 unspecified atom stereocenters.